The SMILES string of the molecule is O=C(O)c1c(I)cc2ccsc2c1Cl. The summed E-state index contributed by atoms with van der Waals surface area (Å²) in [7, 11) is 0. The molecule has 0 aliphatic heterocycles. The fraction of sp³-hybridized carbons (Fsp3) is 0. The van der Waals surface area contributed by atoms with Crippen LogP contribution >= 0.6 is 45.5 Å². The van der Waals surface area contributed by atoms with Crippen LogP contribution in [0.15, 0.2) is 17.5 Å². The molecule has 2 aromatic rings. The Morgan fingerprint density at radius 2 is 2.29 bits per heavy atom. The molecule has 2 rings (SSSR count). The number of fused-ring (bicyclic) bond motifs is 1. The van der Waals surface area contributed by atoms with Crippen LogP contribution in [-0.4, -0.2) is 11.1 Å². The molecule has 1 N–H and O–H groups in total. The van der Waals surface area contributed by atoms with Gasteiger partial charge in [0.25, 0.3) is 0 Å². The summed E-state index contributed by atoms with van der Waals surface area (Å²) in [5, 5.41) is 12.2. The number of hydrogen-bond acceptors (Lipinski definition) is 2. The normalized spacial score (nSPS) is 10.7. The largest absolute Gasteiger partial charge is 0.478 e. The summed E-state index contributed by atoms with van der Waals surface area (Å²) in [6, 6.07) is 3.77. The third-order valence-corrected chi connectivity index (χ3v) is 4.14. The highest BCUT2D eigenvalue weighted by Crippen LogP contribution is 2.34. The molecule has 1 heterocycles. The molecule has 0 amide bonds. The van der Waals surface area contributed by atoms with Gasteiger partial charge in [0.05, 0.1) is 15.3 Å². The maximum atomic E-state index is 10.9. The average Bonchev–Trinajstić information content (AvgIpc) is 2.50. The summed E-state index contributed by atoms with van der Waals surface area (Å²) in [5.74, 6) is -0.977. The second kappa shape index (κ2) is 3.67. The van der Waals surface area contributed by atoms with Crippen molar-refractivity contribution in [3.05, 3.63) is 31.7 Å². The minimum atomic E-state index is -0.977. The molecule has 2 nitrogen and oxygen atoms in total. The van der Waals surface area contributed by atoms with Crippen molar-refractivity contribution in [3.8, 4) is 0 Å². The first kappa shape index (κ1) is 10.2. The van der Waals surface area contributed by atoms with Crippen molar-refractivity contribution in [1.29, 1.82) is 0 Å². The highest BCUT2D eigenvalue weighted by Gasteiger charge is 2.16. The number of benzene rings is 1. The van der Waals surface area contributed by atoms with Crippen molar-refractivity contribution in [2.45, 2.75) is 0 Å². The summed E-state index contributed by atoms with van der Waals surface area (Å²) < 4.78 is 1.51. The lowest BCUT2D eigenvalue weighted by Crippen LogP contribution is -2.00. The number of carboxylic acids is 1. The van der Waals surface area contributed by atoms with Gasteiger partial charge in [0.15, 0.2) is 0 Å². The monoisotopic (exact) mass is 338 g/mol. The maximum absolute atomic E-state index is 10.9. The van der Waals surface area contributed by atoms with Crippen molar-refractivity contribution < 1.29 is 9.90 Å². The molecule has 1 aromatic heterocycles. The zero-order chi connectivity index (χ0) is 10.3. The average molecular weight is 339 g/mol. The van der Waals surface area contributed by atoms with Crippen LogP contribution in [0.3, 0.4) is 0 Å². The van der Waals surface area contributed by atoms with Gasteiger partial charge in [0.2, 0.25) is 0 Å². The molecule has 0 saturated carbocycles. The van der Waals surface area contributed by atoms with Gasteiger partial charge in [-0.15, -0.1) is 11.3 Å². The summed E-state index contributed by atoms with van der Waals surface area (Å²) in [6.07, 6.45) is 0. The smallest absolute Gasteiger partial charge is 0.338 e. The van der Waals surface area contributed by atoms with Gasteiger partial charge in [-0.1, -0.05) is 11.6 Å². The third kappa shape index (κ3) is 1.51. The van der Waals surface area contributed by atoms with Crippen LogP contribution < -0.4 is 0 Å². The minimum absolute atomic E-state index is 0.196. The topological polar surface area (TPSA) is 37.3 Å². The number of rotatable bonds is 1. The van der Waals surface area contributed by atoms with Crippen LogP contribution in [-0.2, 0) is 0 Å². The molecule has 0 unspecified atom stereocenters. The lowest BCUT2D eigenvalue weighted by Gasteiger charge is -2.02. The van der Waals surface area contributed by atoms with Crippen LogP contribution in [0.2, 0.25) is 5.02 Å². The van der Waals surface area contributed by atoms with Crippen LogP contribution in [0, 0.1) is 3.57 Å². The molecule has 5 heteroatoms. The van der Waals surface area contributed by atoms with Crippen molar-refractivity contribution in [2.24, 2.45) is 0 Å². The summed E-state index contributed by atoms with van der Waals surface area (Å²) in [4.78, 5) is 10.9. The van der Waals surface area contributed by atoms with Gasteiger partial charge >= 0.3 is 5.97 Å². The van der Waals surface area contributed by atoms with E-state index in [-0.39, 0.29) is 5.56 Å². The van der Waals surface area contributed by atoms with Gasteiger partial charge in [-0.25, -0.2) is 4.79 Å². The zero-order valence-electron chi connectivity index (χ0n) is 6.75. The van der Waals surface area contributed by atoms with E-state index in [2.05, 4.69) is 0 Å². The zero-order valence-corrected chi connectivity index (χ0v) is 10.5. The fourth-order valence-corrected chi connectivity index (χ4v) is 3.47. The third-order valence-electron chi connectivity index (χ3n) is 1.85. The molecule has 72 valence electrons. The Labute approximate surface area is 103 Å². The molecule has 0 aliphatic carbocycles. The van der Waals surface area contributed by atoms with Gasteiger partial charge in [0.1, 0.15) is 0 Å². The van der Waals surface area contributed by atoms with Crippen molar-refractivity contribution in [2.75, 3.05) is 0 Å². The van der Waals surface area contributed by atoms with Gasteiger partial charge in [-0.3, -0.25) is 0 Å². The van der Waals surface area contributed by atoms with Gasteiger partial charge in [-0.05, 0) is 45.5 Å². The van der Waals surface area contributed by atoms with E-state index < -0.39 is 5.97 Å². The quantitative estimate of drug-likeness (QED) is 0.802. The number of halogens is 2. The molecular weight excluding hydrogens is 335 g/mol. The van der Waals surface area contributed by atoms with Crippen LogP contribution in [0.4, 0.5) is 0 Å². The second-order valence-corrected chi connectivity index (χ2v) is 5.15. The van der Waals surface area contributed by atoms with Crippen molar-refractivity contribution in [3.63, 3.8) is 0 Å². The molecule has 0 bridgehead atoms. The highest BCUT2D eigenvalue weighted by molar-refractivity contribution is 14.1. The number of carboxylic acid groups (broad SMARTS) is 1. The Balaban J connectivity index is 2.89. The molecule has 14 heavy (non-hydrogen) atoms. The number of hydrogen-bond donors (Lipinski definition) is 1. The van der Waals surface area contributed by atoms with Crippen molar-refractivity contribution in [1.82, 2.24) is 0 Å². The molecule has 0 radical (unpaired) electrons. The minimum Gasteiger partial charge on any atom is -0.478 e. The first-order chi connectivity index (χ1) is 6.61. The van der Waals surface area contributed by atoms with Gasteiger partial charge < -0.3 is 5.11 Å². The van der Waals surface area contributed by atoms with E-state index >= 15 is 0 Å². The van der Waals surface area contributed by atoms with E-state index in [1.54, 1.807) is 0 Å². The molecule has 0 aliphatic rings. The number of aromatic carboxylic acids is 1. The Bertz CT molecular complexity index is 521. The molecule has 1 aromatic carbocycles. The second-order valence-electron chi connectivity index (χ2n) is 2.69. The van der Waals surface area contributed by atoms with E-state index in [1.807, 2.05) is 40.1 Å². The van der Waals surface area contributed by atoms with E-state index in [4.69, 9.17) is 16.7 Å². The molecular formula is C9H4ClIO2S. The molecule has 0 fully saturated rings. The van der Waals surface area contributed by atoms with Gasteiger partial charge in [-0.2, -0.15) is 0 Å². The molecule has 0 atom stereocenters. The number of thiophene rings is 1. The Morgan fingerprint density at radius 3 is 2.93 bits per heavy atom. The fourth-order valence-electron chi connectivity index (χ4n) is 1.23. The van der Waals surface area contributed by atoms with E-state index in [0.717, 1.165) is 10.1 Å². The van der Waals surface area contributed by atoms with E-state index in [1.165, 1.54) is 11.3 Å². The first-order valence-corrected chi connectivity index (χ1v) is 6.03. The maximum Gasteiger partial charge on any atom is 0.338 e. The lowest BCUT2D eigenvalue weighted by molar-refractivity contribution is 0.0696. The predicted octanol–water partition coefficient (Wildman–Crippen LogP) is 3.86. The highest BCUT2D eigenvalue weighted by atomic mass is 127. The lowest BCUT2D eigenvalue weighted by atomic mass is 10.2. The predicted molar refractivity (Wildman–Crippen MR) is 66.5 cm³/mol. The first-order valence-electron chi connectivity index (χ1n) is 3.69. The van der Waals surface area contributed by atoms with E-state index in [0.29, 0.717) is 8.59 Å². The summed E-state index contributed by atoms with van der Waals surface area (Å²) in [5.41, 5.74) is 0.196. The van der Waals surface area contributed by atoms with Crippen LogP contribution in [0.5, 0.6) is 0 Å². The van der Waals surface area contributed by atoms with Gasteiger partial charge in [0, 0.05) is 3.57 Å². The van der Waals surface area contributed by atoms with E-state index in [9.17, 15) is 4.79 Å². The molecule has 0 saturated heterocycles. The Hall–Kier alpha value is -0.330. The summed E-state index contributed by atoms with van der Waals surface area (Å²) >= 11 is 9.45. The standard InChI is InChI=1S/C9H4ClIO2S/c10-7-6(9(12)13)5(11)3-4-1-2-14-8(4)7/h1-3H,(H,12,13). The van der Waals surface area contributed by atoms with Crippen molar-refractivity contribution >= 4 is 61.6 Å². The number of carbonyl (C=O) groups is 1. The van der Waals surface area contributed by atoms with Crippen LogP contribution in [0.1, 0.15) is 10.4 Å². The summed E-state index contributed by atoms with van der Waals surface area (Å²) in [6.45, 7) is 0. The Kier molecular flexibility index (Phi) is 2.68. The van der Waals surface area contributed by atoms with Crippen LogP contribution in [0.25, 0.3) is 10.1 Å². The molecule has 0 spiro atoms. The Morgan fingerprint density at radius 1 is 1.57 bits per heavy atom.